The number of aromatic nitrogens is 1. The molecule has 29 heavy (non-hydrogen) atoms. The van der Waals surface area contributed by atoms with Crippen LogP contribution in [0.5, 0.6) is 0 Å². The number of halogens is 1. The second-order valence-electron chi connectivity index (χ2n) is 6.63. The van der Waals surface area contributed by atoms with Crippen LogP contribution in [0.15, 0.2) is 77.8 Å². The minimum atomic E-state index is -3.81. The topological polar surface area (TPSA) is 59.4 Å². The molecular weight excluding hydrogens is 411 g/mol. The number of benzene rings is 2. The van der Waals surface area contributed by atoms with Crippen LogP contribution in [0.3, 0.4) is 0 Å². The second-order valence-corrected chi connectivity index (χ2v) is 9.64. The molecule has 1 fully saturated rings. The molecule has 0 saturated carbocycles. The van der Waals surface area contributed by atoms with Crippen LogP contribution in [0.4, 0.5) is 4.39 Å². The summed E-state index contributed by atoms with van der Waals surface area (Å²) in [5.74, 6) is 0.0668. The molecule has 1 aliphatic rings. The number of hydrogen-bond acceptors (Lipinski definition) is 4. The zero-order chi connectivity index (χ0) is 20.4. The minimum absolute atomic E-state index is 0.0831. The predicted molar refractivity (Wildman–Crippen MR) is 110 cm³/mol. The minimum Gasteiger partial charge on any atom is -0.321 e. The van der Waals surface area contributed by atoms with E-state index in [2.05, 4.69) is 0 Å². The fourth-order valence-electron chi connectivity index (χ4n) is 3.34. The molecule has 8 heteroatoms. The lowest BCUT2D eigenvalue weighted by molar-refractivity contribution is -0.132. The van der Waals surface area contributed by atoms with Crippen molar-refractivity contribution in [2.75, 3.05) is 5.75 Å². The van der Waals surface area contributed by atoms with Gasteiger partial charge in [0.1, 0.15) is 11.2 Å². The zero-order valence-electron chi connectivity index (χ0n) is 15.4. The summed E-state index contributed by atoms with van der Waals surface area (Å²) in [5.41, 5.74) is 0.876. The van der Waals surface area contributed by atoms with Gasteiger partial charge in [-0.3, -0.25) is 4.79 Å². The summed E-state index contributed by atoms with van der Waals surface area (Å²) < 4.78 is 41.7. The van der Waals surface area contributed by atoms with Crippen molar-refractivity contribution in [2.45, 2.75) is 23.2 Å². The molecule has 0 N–H and O–H groups in total. The number of hydrogen-bond donors (Lipinski definition) is 0. The summed E-state index contributed by atoms with van der Waals surface area (Å²) in [6.45, 7) is 0.0831. The molecule has 150 valence electrons. The van der Waals surface area contributed by atoms with E-state index < -0.39 is 15.4 Å². The third-order valence-corrected chi connectivity index (χ3v) is 7.76. The van der Waals surface area contributed by atoms with E-state index in [0.717, 1.165) is 0 Å². The molecule has 1 amide bonds. The molecule has 1 saturated heterocycles. The van der Waals surface area contributed by atoms with E-state index in [-0.39, 0.29) is 23.2 Å². The van der Waals surface area contributed by atoms with Crippen molar-refractivity contribution in [2.24, 2.45) is 0 Å². The van der Waals surface area contributed by atoms with E-state index in [9.17, 15) is 17.6 Å². The number of carbonyl (C=O) groups is 1. The van der Waals surface area contributed by atoms with Crippen LogP contribution >= 0.6 is 11.8 Å². The molecule has 0 radical (unpaired) electrons. The van der Waals surface area contributed by atoms with Crippen molar-refractivity contribution in [3.8, 4) is 0 Å². The molecular formula is C21H19FN2O3S2. The van der Waals surface area contributed by atoms with Crippen LogP contribution in [-0.4, -0.2) is 29.0 Å². The van der Waals surface area contributed by atoms with Gasteiger partial charge in [-0.05, 0) is 30.3 Å². The van der Waals surface area contributed by atoms with Gasteiger partial charge in [-0.15, -0.1) is 11.8 Å². The SMILES string of the molecule is O=C1CCSC(c2cccn2S(=O)(=O)c2ccccc2)N1Cc1ccccc1F. The Hall–Kier alpha value is -2.58. The first kappa shape index (κ1) is 19.7. The summed E-state index contributed by atoms with van der Waals surface area (Å²) in [5, 5.41) is -0.524. The molecule has 2 aromatic carbocycles. The third-order valence-electron chi connectivity index (χ3n) is 4.79. The van der Waals surface area contributed by atoms with Gasteiger partial charge in [-0.25, -0.2) is 16.8 Å². The van der Waals surface area contributed by atoms with Crippen molar-refractivity contribution in [1.82, 2.24) is 8.87 Å². The molecule has 1 aliphatic heterocycles. The molecule has 1 atom stereocenters. The van der Waals surface area contributed by atoms with Crippen molar-refractivity contribution >= 4 is 27.7 Å². The maximum Gasteiger partial charge on any atom is 0.267 e. The third kappa shape index (κ3) is 3.82. The van der Waals surface area contributed by atoms with Crippen LogP contribution < -0.4 is 0 Å². The van der Waals surface area contributed by atoms with Gasteiger partial charge in [-0.1, -0.05) is 36.4 Å². The lowest BCUT2D eigenvalue weighted by atomic mass is 10.2. The van der Waals surface area contributed by atoms with Crippen molar-refractivity contribution < 1.29 is 17.6 Å². The summed E-state index contributed by atoms with van der Waals surface area (Å²) in [6.07, 6.45) is 1.82. The first-order valence-corrected chi connectivity index (χ1v) is 11.6. The molecule has 4 rings (SSSR count). The van der Waals surface area contributed by atoms with Gasteiger partial charge in [0.25, 0.3) is 10.0 Å². The highest BCUT2D eigenvalue weighted by Crippen LogP contribution is 2.39. The molecule has 0 aliphatic carbocycles. The molecule has 0 spiro atoms. The van der Waals surface area contributed by atoms with E-state index in [1.807, 2.05) is 0 Å². The Kier molecular flexibility index (Phi) is 5.47. The summed E-state index contributed by atoms with van der Waals surface area (Å²) in [7, 11) is -3.81. The Morgan fingerprint density at radius 3 is 2.48 bits per heavy atom. The Bertz CT molecular complexity index is 1130. The van der Waals surface area contributed by atoms with Gasteiger partial charge in [0, 0.05) is 23.9 Å². The van der Waals surface area contributed by atoms with Crippen molar-refractivity contribution in [3.05, 3.63) is 90.0 Å². The quantitative estimate of drug-likeness (QED) is 0.613. The Labute approximate surface area is 173 Å². The van der Waals surface area contributed by atoms with Crippen molar-refractivity contribution in [1.29, 1.82) is 0 Å². The molecule has 1 aromatic heterocycles. The van der Waals surface area contributed by atoms with Gasteiger partial charge in [0.2, 0.25) is 5.91 Å². The molecule has 3 aromatic rings. The normalized spacial score (nSPS) is 17.5. The standard InChI is InChI=1S/C21H19FN2O3S2/c22-18-10-5-4-7-16(18)15-23-20(25)12-14-28-21(23)19-11-6-13-24(19)29(26,27)17-8-2-1-3-9-17/h1-11,13,21H,12,14-15H2. The van der Waals surface area contributed by atoms with Crippen LogP contribution in [-0.2, 0) is 21.4 Å². The summed E-state index contributed by atoms with van der Waals surface area (Å²) >= 11 is 1.48. The molecule has 1 unspecified atom stereocenters. The van der Waals surface area contributed by atoms with Crippen molar-refractivity contribution in [3.63, 3.8) is 0 Å². The molecule has 5 nitrogen and oxygen atoms in total. The van der Waals surface area contributed by atoms with E-state index in [1.54, 1.807) is 53.4 Å². The summed E-state index contributed by atoms with van der Waals surface area (Å²) in [4.78, 5) is 14.4. The highest BCUT2D eigenvalue weighted by atomic mass is 32.2. The number of rotatable bonds is 5. The first-order chi connectivity index (χ1) is 14.0. The van der Waals surface area contributed by atoms with Gasteiger partial charge in [-0.2, -0.15) is 0 Å². The van der Waals surface area contributed by atoms with Gasteiger partial charge in [0.05, 0.1) is 17.1 Å². The second kappa shape index (κ2) is 8.04. The maximum absolute atomic E-state index is 14.2. The lowest BCUT2D eigenvalue weighted by Gasteiger charge is -2.35. The number of thioether (sulfide) groups is 1. The van der Waals surface area contributed by atoms with Gasteiger partial charge >= 0.3 is 0 Å². The van der Waals surface area contributed by atoms with Crippen LogP contribution in [0.1, 0.15) is 23.1 Å². The van der Waals surface area contributed by atoms with Crippen LogP contribution in [0.25, 0.3) is 0 Å². The summed E-state index contributed by atoms with van der Waals surface area (Å²) in [6, 6.07) is 17.8. The monoisotopic (exact) mass is 430 g/mol. The average Bonchev–Trinajstić information content (AvgIpc) is 3.22. The van der Waals surface area contributed by atoms with E-state index in [1.165, 1.54) is 40.1 Å². The smallest absolute Gasteiger partial charge is 0.267 e. The number of nitrogens with zero attached hydrogens (tertiary/aromatic N) is 2. The Balaban J connectivity index is 1.73. The van der Waals surface area contributed by atoms with Crippen LogP contribution in [0, 0.1) is 5.82 Å². The Morgan fingerprint density at radius 2 is 1.72 bits per heavy atom. The maximum atomic E-state index is 14.2. The number of amides is 1. The lowest BCUT2D eigenvalue weighted by Crippen LogP contribution is -2.38. The molecule has 0 bridgehead atoms. The fourth-order valence-corrected chi connectivity index (χ4v) is 6.06. The van der Waals surface area contributed by atoms with E-state index in [0.29, 0.717) is 23.4 Å². The Morgan fingerprint density at radius 1 is 1.00 bits per heavy atom. The largest absolute Gasteiger partial charge is 0.321 e. The average molecular weight is 431 g/mol. The number of carbonyl (C=O) groups excluding carboxylic acids is 1. The highest BCUT2D eigenvalue weighted by Gasteiger charge is 2.34. The first-order valence-electron chi connectivity index (χ1n) is 9.11. The highest BCUT2D eigenvalue weighted by molar-refractivity contribution is 7.99. The predicted octanol–water partition coefficient (Wildman–Crippen LogP) is 4.03. The van der Waals surface area contributed by atoms with E-state index in [4.69, 9.17) is 0 Å². The van der Waals surface area contributed by atoms with Crippen LogP contribution in [0.2, 0.25) is 0 Å². The zero-order valence-corrected chi connectivity index (χ0v) is 17.1. The van der Waals surface area contributed by atoms with E-state index >= 15 is 0 Å². The van der Waals surface area contributed by atoms with Gasteiger partial charge in [0.15, 0.2) is 0 Å². The molecule has 2 heterocycles. The fraction of sp³-hybridized carbons (Fsp3) is 0.190. The van der Waals surface area contributed by atoms with Gasteiger partial charge < -0.3 is 4.90 Å².